The van der Waals surface area contributed by atoms with Gasteiger partial charge in [-0.05, 0) is 48.7 Å². The Morgan fingerprint density at radius 2 is 1.96 bits per heavy atom. The first-order chi connectivity index (χ1) is 11.8. The predicted molar refractivity (Wildman–Crippen MR) is 96.7 cm³/mol. The van der Waals surface area contributed by atoms with E-state index in [1.54, 1.807) is 18.3 Å². The van der Waals surface area contributed by atoms with Crippen molar-refractivity contribution < 1.29 is 14.6 Å². The number of aryl methyl sites for hydroxylation is 2. The van der Waals surface area contributed by atoms with Crippen molar-refractivity contribution in [2.24, 2.45) is 10.9 Å². The fourth-order valence-corrected chi connectivity index (χ4v) is 3.27. The van der Waals surface area contributed by atoms with Crippen LogP contribution in [0, 0.1) is 19.8 Å². The van der Waals surface area contributed by atoms with Gasteiger partial charge in [-0.3, -0.25) is 10.4 Å². The smallest absolute Gasteiger partial charge is 0.339 e. The number of methoxy groups -OCH3 is 1. The second-order valence-electron chi connectivity index (χ2n) is 6.69. The van der Waals surface area contributed by atoms with E-state index in [0.29, 0.717) is 5.57 Å². The van der Waals surface area contributed by atoms with E-state index in [1.807, 2.05) is 24.9 Å². The number of carbonyl (C=O) groups is 1. The van der Waals surface area contributed by atoms with Crippen molar-refractivity contribution in [1.29, 1.82) is 0 Å². The lowest BCUT2D eigenvalue weighted by molar-refractivity contribution is -0.135. The summed E-state index contributed by atoms with van der Waals surface area (Å²) >= 11 is 0. The maximum absolute atomic E-state index is 12.1. The molecule has 1 aromatic carbocycles. The van der Waals surface area contributed by atoms with Gasteiger partial charge in [0.1, 0.15) is 11.6 Å². The highest BCUT2D eigenvalue weighted by atomic mass is 16.5. The van der Waals surface area contributed by atoms with E-state index in [1.165, 1.54) is 7.11 Å². The average molecular weight is 341 g/mol. The monoisotopic (exact) mass is 341 g/mol. The van der Waals surface area contributed by atoms with Gasteiger partial charge in [0.25, 0.3) is 0 Å². The summed E-state index contributed by atoms with van der Waals surface area (Å²) in [5.74, 6) is 0.938. The lowest BCUT2D eigenvalue weighted by Crippen LogP contribution is -2.40. The Balaban J connectivity index is 2.15. The number of esters is 1. The molecule has 3 rings (SSSR count). The molecule has 2 aliphatic rings. The summed E-state index contributed by atoms with van der Waals surface area (Å²) < 4.78 is 4.89. The number of hydrogen-bond acceptors (Lipinski definition) is 6. The van der Waals surface area contributed by atoms with Crippen LogP contribution in [0.2, 0.25) is 0 Å². The molecule has 0 saturated heterocycles. The number of aromatic hydroxyl groups is 1. The van der Waals surface area contributed by atoms with E-state index in [9.17, 15) is 9.90 Å². The Bertz CT molecular complexity index is 798. The molecule has 2 N–H and O–H groups in total. The summed E-state index contributed by atoms with van der Waals surface area (Å²) in [6, 6.07) is 3.44. The van der Waals surface area contributed by atoms with Gasteiger partial charge in [-0.15, -0.1) is 0 Å². The molecule has 0 aliphatic carbocycles. The van der Waals surface area contributed by atoms with E-state index >= 15 is 0 Å². The van der Waals surface area contributed by atoms with Crippen molar-refractivity contribution >= 4 is 17.4 Å². The van der Waals surface area contributed by atoms with Gasteiger partial charge in [0, 0.05) is 17.7 Å². The maximum Gasteiger partial charge on any atom is 0.339 e. The van der Waals surface area contributed by atoms with Gasteiger partial charge >= 0.3 is 5.97 Å². The summed E-state index contributed by atoms with van der Waals surface area (Å²) in [5, 5.41) is 11.7. The van der Waals surface area contributed by atoms with E-state index < -0.39 is 5.97 Å². The number of amidine groups is 1. The fraction of sp³-hybridized carbons (Fsp3) is 0.368. The van der Waals surface area contributed by atoms with Crippen LogP contribution in [0.25, 0.3) is 5.57 Å². The van der Waals surface area contributed by atoms with E-state index in [-0.39, 0.29) is 17.8 Å². The zero-order valence-electron chi connectivity index (χ0n) is 15.1. The molecule has 0 amide bonds. The number of hydrazine groups is 1. The number of hydrogen-bond donors (Lipinski definition) is 2. The number of ether oxygens (including phenoxy) is 1. The fourth-order valence-electron chi connectivity index (χ4n) is 3.27. The number of nitrogens with zero attached hydrogens (tertiary/aromatic N) is 2. The van der Waals surface area contributed by atoms with Crippen molar-refractivity contribution in [3.05, 3.63) is 46.7 Å². The molecule has 1 aromatic rings. The molecule has 6 nitrogen and oxygen atoms in total. The average Bonchev–Trinajstić information content (AvgIpc) is 2.97. The van der Waals surface area contributed by atoms with E-state index in [2.05, 4.69) is 19.3 Å². The zero-order valence-corrected chi connectivity index (χ0v) is 15.1. The first-order valence-corrected chi connectivity index (χ1v) is 8.26. The number of phenolic OH excluding ortho intramolecular Hbond substituents is 1. The zero-order chi connectivity index (χ0) is 18.3. The van der Waals surface area contributed by atoms with Crippen LogP contribution in [0.3, 0.4) is 0 Å². The van der Waals surface area contributed by atoms with Crippen LogP contribution in [-0.2, 0) is 9.53 Å². The third-order valence-electron chi connectivity index (χ3n) is 4.41. The Kier molecular flexibility index (Phi) is 4.29. The third-order valence-corrected chi connectivity index (χ3v) is 4.41. The molecule has 0 aromatic heterocycles. The lowest BCUT2D eigenvalue weighted by atomic mass is 9.90. The highest BCUT2D eigenvalue weighted by molar-refractivity contribution is 5.97. The number of benzene rings is 1. The molecule has 1 unspecified atom stereocenters. The SMILES string of the molecule is COC(=O)C1=CN2NC(C(C)C)=NC2C(c2c(C)cc(O)cc2C)=C1. The molecule has 2 aliphatic heterocycles. The van der Waals surface area contributed by atoms with Crippen LogP contribution in [0.1, 0.15) is 30.5 Å². The van der Waals surface area contributed by atoms with Gasteiger partial charge in [-0.1, -0.05) is 13.8 Å². The minimum atomic E-state index is -0.398. The highest BCUT2D eigenvalue weighted by Gasteiger charge is 2.34. The molecular weight excluding hydrogens is 318 g/mol. The van der Waals surface area contributed by atoms with Gasteiger partial charge in [0.15, 0.2) is 6.17 Å². The van der Waals surface area contributed by atoms with Gasteiger partial charge in [0.2, 0.25) is 0 Å². The summed E-state index contributed by atoms with van der Waals surface area (Å²) in [4.78, 5) is 16.9. The summed E-state index contributed by atoms with van der Waals surface area (Å²) in [5.41, 5.74) is 7.47. The van der Waals surface area contributed by atoms with Crippen molar-refractivity contribution in [2.45, 2.75) is 33.9 Å². The number of phenols is 1. The van der Waals surface area contributed by atoms with Crippen LogP contribution in [0.5, 0.6) is 5.75 Å². The number of nitrogens with one attached hydrogen (secondary N) is 1. The first-order valence-electron chi connectivity index (χ1n) is 8.26. The van der Waals surface area contributed by atoms with Gasteiger partial charge in [-0.25, -0.2) is 9.79 Å². The normalized spacial score (nSPS) is 19.0. The number of aliphatic imine (C=N–C) groups is 1. The van der Waals surface area contributed by atoms with Crippen molar-refractivity contribution in [3.8, 4) is 5.75 Å². The molecule has 0 spiro atoms. The van der Waals surface area contributed by atoms with Crippen LogP contribution in [0.4, 0.5) is 0 Å². The molecule has 1 atom stereocenters. The van der Waals surface area contributed by atoms with E-state index in [4.69, 9.17) is 9.73 Å². The lowest BCUT2D eigenvalue weighted by Gasteiger charge is -2.29. The summed E-state index contributed by atoms with van der Waals surface area (Å²) in [6.07, 6.45) is 3.30. The minimum absolute atomic E-state index is 0.228. The highest BCUT2D eigenvalue weighted by Crippen LogP contribution is 2.36. The summed E-state index contributed by atoms with van der Waals surface area (Å²) in [6.45, 7) is 8.02. The van der Waals surface area contributed by atoms with Crippen molar-refractivity contribution in [1.82, 2.24) is 10.4 Å². The Labute approximate surface area is 147 Å². The predicted octanol–water partition coefficient (Wildman–Crippen LogP) is 2.66. The first kappa shape index (κ1) is 17.1. The molecule has 0 bridgehead atoms. The quantitative estimate of drug-likeness (QED) is 0.827. The van der Waals surface area contributed by atoms with Gasteiger partial charge in [-0.2, -0.15) is 0 Å². The molecule has 0 radical (unpaired) electrons. The van der Waals surface area contributed by atoms with Crippen LogP contribution >= 0.6 is 0 Å². The second kappa shape index (κ2) is 6.27. The van der Waals surface area contributed by atoms with Crippen molar-refractivity contribution in [2.75, 3.05) is 7.11 Å². The Hall–Kier alpha value is -2.76. The van der Waals surface area contributed by atoms with Crippen LogP contribution < -0.4 is 5.43 Å². The second-order valence-corrected chi connectivity index (χ2v) is 6.69. The van der Waals surface area contributed by atoms with E-state index in [0.717, 1.165) is 28.1 Å². The van der Waals surface area contributed by atoms with Crippen LogP contribution in [-0.4, -0.2) is 35.2 Å². The molecular formula is C19H23N3O3. The van der Waals surface area contributed by atoms with Crippen molar-refractivity contribution in [3.63, 3.8) is 0 Å². The minimum Gasteiger partial charge on any atom is -0.508 e. The maximum atomic E-state index is 12.1. The number of carbonyl (C=O) groups excluding carboxylic acids is 1. The van der Waals surface area contributed by atoms with Crippen LogP contribution in [0.15, 0.2) is 35.0 Å². The largest absolute Gasteiger partial charge is 0.508 e. The topological polar surface area (TPSA) is 74.2 Å². The van der Waals surface area contributed by atoms with Gasteiger partial charge < -0.3 is 9.84 Å². The number of rotatable bonds is 3. The third kappa shape index (κ3) is 2.99. The standard InChI is InChI=1S/C19H23N3O3/c1-10(2)17-20-18-15(16-11(3)6-14(23)7-12(16)4)8-13(19(24)25-5)9-22(18)21-17/h6-10,18,23H,1-5H3,(H,20,21). The Morgan fingerprint density at radius 1 is 1.32 bits per heavy atom. The van der Waals surface area contributed by atoms with Gasteiger partial charge in [0.05, 0.1) is 12.7 Å². The molecule has 25 heavy (non-hydrogen) atoms. The molecule has 0 fully saturated rings. The molecule has 0 saturated carbocycles. The Morgan fingerprint density at radius 3 is 2.52 bits per heavy atom. The molecule has 6 heteroatoms. The molecule has 2 heterocycles. The molecule has 132 valence electrons. The summed E-state index contributed by atoms with van der Waals surface area (Å²) in [7, 11) is 1.37. The number of fused-ring (bicyclic) bond motifs is 1.